The lowest BCUT2D eigenvalue weighted by molar-refractivity contribution is -0.0422. The summed E-state index contributed by atoms with van der Waals surface area (Å²) >= 11 is 2.11. The van der Waals surface area contributed by atoms with Gasteiger partial charge in [-0.25, -0.2) is 0 Å². The summed E-state index contributed by atoms with van der Waals surface area (Å²) in [7, 11) is 0. The van der Waals surface area contributed by atoms with Crippen LogP contribution in [-0.4, -0.2) is 11.5 Å². The summed E-state index contributed by atoms with van der Waals surface area (Å²) in [5.41, 5.74) is 3.08. The molecule has 7 unspecified atom stereocenters. The summed E-state index contributed by atoms with van der Waals surface area (Å²) in [4.78, 5) is 0. The summed E-state index contributed by atoms with van der Waals surface area (Å²) in [6, 6.07) is 0. The van der Waals surface area contributed by atoms with E-state index >= 15 is 0 Å². The van der Waals surface area contributed by atoms with Crippen LogP contribution in [0.2, 0.25) is 0 Å². The van der Waals surface area contributed by atoms with Gasteiger partial charge in [0.2, 0.25) is 0 Å². The number of hydrogen-bond donors (Lipinski definition) is 0. The van der Waals surface area contributed by atoms with Crippen molar-refractivity contribution in [1.82, 2.24) is 0 Å². The van der Waals surface area contributed by atoms with Gasteiger partial charge in [-0.3, -0.25) is 0 Å². The van der Waals surface area contributed by atoms with Gasteiger partial charge in [0.15, 0.2) is 0 Å². The van der Waals surface area contributed by atoms with Crippen LogP contribution in [-0.2, 0) is 0 Å². The van der Waals surface area contributed by atoms with Crippen molar-refractivity contribution in [2.45, 2.75) is 110 Å². The Morgan fingerprint density at radius 2 is 1.86 bits per heavy atom. The van der Waals surface area contributed by atoms with Gasteiger partial charge in [0.1, 0.15) is 0 Å². The average Bonchev–Trinajstić information content (AvgIpc) is 3.01. The molecule has 3 fully saturated rings. The Kier molecular flexibility index (Phi) is 6.33. The molecule has 0 amide bonds. The lowest BCUT2D eigenvalue weighted by atomic mass is 9.47. The standard InChI is InChI=1S/C27H46S/c1-19(2)8-6-7-9-20-11-13-24-23-12-10-21-18-22(28-5)14-16-27(21,4)25(23)15-17-26(20,24)3/h10,19-20,22-25H,6-9,11-18H2,1-5H3. The first-order valence-electron chi connectivity index (χ1n) is 12.6. The van der Waals surface area contributed by atoms with Crippen molar-refractivity contribution in [2.24, 2.45) is 40.4 Å². The molecule has 0 radical (unpaired) electrons. The molecule has 1 heteroatoms. The predicted octanol–water partition coefficient (Wildman–Crippen LogP) is 8.51. The maximum atomic E-state index is 2.76. The van der Waals surface area contributed by atoms with Gasteiger partial charge in [-0.1, -0.05) is 58.6 Å². The zero-order chi connectivity index (χ0) is 19.9. The molecular weight excluding hydrogens is 356 g/mol. The van der Waals surface area contributed by atoms with Gasteiger partial charge in [-0.2, -0.15) is 11.8 Å². The first kappa shape index (κ1) is 21.3. The molecule has 160 valence electrons. The zero-order valence-corrected chi connectivity index (χ0v) is 20.3. The molecule has 7 atom stereocenters. The predicted molar refractivity (Wildman–Crippen MR) is 126 cm³/mol. The molecule has 4 aliphatic rings. The van der Waals surface area contributed by atoms with Gasteiger partial charge in [0.05, 0.1) is 0 Å². The molecule has 4 aliphatic carbocycles. The summed E-state index contributed by atoms with van der Waals surface area (Å²) in [5, 5.41) is 0.895. The number of hydrogen-bond acceptors (Lipinski definition) is 1. The van der Waals surface area contributed by atoms with E-state index in [2.05, 4.69) is 51.8 Å². The third kappa shape index (κ3) is 3.65. The van der Waals surface area contributed by atoms with E-state index < -0.39 is 0 Å². The summed E-state index contributed by atoms with van der Waals surface area (Å²) in [6.45, 7) is 10.2. The van der Waals surface area contributed by atoms with Crippen molar-refractivity contribution in [2.75, 3.05) is 6.26 Å². The molecule has 0 N–H and O–H groups in total. The second kappa shape index (κ2) is 8.32. The van der Waals surface area contributed by atoms with E-state index in [0.29, 0.717) is 10.8 Å². The summed E-state index contributed by atoms with van der Waals surface area (Å²) in [6.07, 6.45) is 22.8. The second-order valence-corrected chi connectivity index (χ2v) is 13.0. The molecule has 0 aliphatic heterocycles. The van der Waals surface area contributed by atoms with Gasteiger partial charge in [-0.05, 0) is 104 Å². The van der Waals surface area contributed by atoms with Gasteiger partial charge in [-0.15, -0.1) is 0 Å². The Hall–Kier alpha value is 0.0900. The van der Waals surface area contributed by atoms with E-state index in [1.54, 1.807) is 6.42 Å². The number of fused-ring (bicyclic) bond motifs is 5. The molecule has 0 bridgehead atoms. The van der Waals surface area contributed by atoms with Gasteiger partial charge in [0, 0.05) is 5.25 Å². The maximum Gasteiger partial charge on any atom is 0.00819 e. The van der Waals surface area contributed by atoms with Crippen molar-refractivity contribution in [3.63, 3.8) is 0 Å². The van der Waals surface area contributed by atoms with Crippen molar-refractivity contribution >= 4 is 11.8 Å². The zero-order valence-electron chi connectivity index (χ0n) is 19.4. The average molecular weight is 403 g/mol. The highest BCUT2D eigenvalue weighted by molar-refractivity contribution is 7.99. The molecule has 0 spiro atoms. The fraction of sp³-hybridized carbons (Fsp3) is 0.926. The minimum atomic E-state index is 0.547. The monoisotopic (exact) mass is 402 g/mol. The van der Waals surface area contributed by atoms with Crippen molar-refractivity contribution in [1.29, 1.82) is 0 Å². The number of allylic oxidation sites excluding steroid dienone is 2. The SMILES string of the molecule is CSC1CCC2(C)C(=CCC3C2CCC2(C)C(CCCCC(C)C)CCC32)C1. The van der Waals surface area contributed by atoms with Crippen LogP contribution in [0.15, 0.2) is 11.6 Å². The molecule has 3 saturated carbocycles. The first-order valence-corrected chi connectivity index (χ1v) is 13.9. The molecule has 0 heterocycles. The molecular formula is C27H46S. The topological polar surface area (TPSA) is 0 Å². The largest absolute Gasteiger partial charge is 0.162 e. The Labute approximate surface area is 180 Å². The normalized spacial score (nSPS) is 45.4. The van der Waals surface area contributed by atoms with Crippen LogP contribution in [0.1, 0.15) is 105 Å². The van der Waals surface area contributed by atoms with E-state index in [1.807, 2.05) is 5.57 Å². The minimum Gasteiger partial charge on any atom is -0.162 e. The van der Waals surface area contributed by atoms with E-state index in [1.165, 1.54) is 70.6 Å². The molecule has 28 heavy (non-hydrogen) atoms. The molecule has 0 nitrogen and oxygen atoms in total. The lowest BCUT2D eigenvalue weighted by Crippen LogP contribution is -2.50. The van der Waals surface area contributed by atoms with Crippen LogP contribution < -0.4 is 0 Å². The number of rotatable bonds is 6. The smallest absolute Gasteiger partial charge is 0.00819 e. The van der Waals surface area contributed by atoms with Crippen molar-refractivity contribution in [3.8, 4) is 0 Å². The molecule has 0 aromatic carbocycles. The van der Waals surface area contributed by atoms with Gasteiger partial charge in [0.25, 0.3) is 0 Å². The van der Waals surface area contributed by atoms with Crippen LogP contribution in [0.3, 0.4) is 0 Å². The van der Waals surface area contributed by atoms with Crippen molar-refractivity contribution in [3.05, 3.63) is 11.6 Å². The third-order valence-corrected chi connectivity index (χ3v) is 11.2. The van der Waals surface area contributed by atoms with E-state index in [4.69, 9.17) is 0 Å². The van der Waals surface area contributed by atoms with Crippen LogP contribution in [0, 0.1) is 40.4 Å². The maximum absolute atomic E-state index is 2.76. The van der Waals surface area contributed by atoms with Crippen molar-refractivity contribution < 1.29 is 0 Å². The minimum absolute atomic E-state index is 0.547. The highest BCUT2D eigenvalue weighted by Crippen LogP contribution is 2.67. The van der Waals surface area contributed by atoms with E-state index in [9.17, 15) is 0 Å². The van der Waals surface area contributed by atoms with Crippen LogP contribution in [0.4, 0.5) is 0 Å². The Morgan fingerprint density at radius 1 is 1.04 bits per heavy atom. The fourth-order valence-electron chi connectivity index (χ4n) is 8.36. The molecule has 4 rings (SSSR count). The van der Waals surface area contributed by atoms with Crippen LogP contribution >= 0.6 is 11.8 Å². The Morgan fingerprint density at radius 3 is 2.61 bits per heavy atom. The third-order valence-electron chi connectivity index (χ3n) is 10.2. The molecule has 0 saturated heterocycles. The highest BCUT2D eigenvalue weighted by Gasteiger charge is 2.58. The lowest BCUT2D eigenvalue weighted by Gasteiger charge is -2.58. The van der Waals surface area contributed by atoms with E-state index in [-0.39, 0.29) is 0 Å². The highest BCUT2D eigenvalue weighted by atomic mass is 32.2. The Bertz CT molecular complexity index is 577. The second-order valence-electron chi connectivity index (χ2n) is 11.9. The quantitative estimate of drug-likeness (QED) is 0.317. The number of thioether (sulfide) groups is 1. The van der Waals surface area contributed by atoms with Crippen LogP contribution in [0.5, 0.6) is 0 Å². The summed E-state index contributed by atoms with van der Waals surface area (Å²) < 4.78 is 0. The fourth-order valence-corrected chi connectivity index (χ4v) is 9.05. The molecule has 0 aromatic rings. The van der Waals surface area contributed by atoms with Gasteiger partial charge < -0.3 is 0 Å². The van der Waals surface area contributed by atoms with Gasteiger partial charge >= 0.3 is 0 Å². The molecule has 0 aromatic heterocycles. The summed E-state index contributed by atoms with van der Waals surface area (Å²) in [5.74, 6) is 4.92. The van der Waals surface area contributed by atoms with Crippen LogP contribution in [0.25, 0.3) is 0 Å². The van der Waals surface area contributed by atoms with E-state index in [0.717, 1.165) is 34.8 Å². The first-order chi connectivity index (χ1) is 13.4. The Balaban J connectivity index is 1.45. The number of unbranched alkanes of at least 4 members (excludes halogenated alkanes) is 1.